The van der Waals surface area contributed by atoms with Crippen LogP contribution in [0, 0.1) is 0 Å². The lowest BCUT2D eigenvalue weighted by atomic mass is 10.1. The Labute approximate surface area is 163 Å². The highest BCUT2D eigenvalue weighted by Crippen LogP contribution is 2.26. The van der Waals surface area contributed by atoms with Crippen LogP contribution < -0.4 is 9.64 Å². The average Bonchev–Trinajstić information content (AvgIpc) is 2.65. The molecule has 8 nitrogen and oxygen atoms in total. The van der Waals surface area contributed by atoms with Crippen molar-refractivity contribution in [2.45, 2.75) is 38.6 Å². The van der Waals surface area contributed by atoms with Crippen LogP contribution in [0.15, 0.2) is 30.3 Å². The normalized spacial score (nSPS) is 18.8. The fourth-order valence-corrected chi connectivity index (χ4v) is 2.94. The summed E-state index contributed by atoms with van der Waals surface area (Å²) in [4.78, 5) is 30.9. The topological polar surface area (TPSA) is 98.2 Å². The summed E-state index contributed by atoms with van der Waals surface area (Å²) < 4.78 is 15.7. The first-order valence-corrected chi connectivity index (χ1v) is 8.98. The maximum Gasteiger partial charge on any atom is 0.338 e. The van der Waals surface area contributed by atoms with Gasteiger partial charge in [0, 0.05) is 23.7 Å². The number of ether oxygens (including phenoxy) is 3. The second kappa shape index (κ2) is 7.73. The number of esters is 1. The van der Waals surface area contributed by atoms with Gasteiger partial charge in [0.1, 0.15) is 5.60 Å². The monoisotopic (exact) mass is 388 g/mol. The lowest BCUT2D eigenvalue weighted by molar-refractivity contribution is -0.177. The van der Waals surface area contributed by atoms with Gasteiger partial charge in [0.15, 0.2) is 12.2 Å². The van der Waals surface area contributed by atoms with Crippen molar-refractivity contribution in [1.82, 2.24) is 4.98 Å². The molecular formula is C20H24N2O6. The van der Waals surface area contributed by atoms with Gasteiger partial charge in [0.05, 0.1) is 19.2 Å². The van der Waals surface area contributed by atoms with Crippen LogP contribution in [0.4, 0.5) is 5.69 Å². The summed E-state index contributed by atoms with van der Waals surface area (Å²) in [6, 6.07) is 9.03. The summed E-state index contributed by atoms with van der Waals surface area (Å²) >= 11 is 0. The second-order valence-corrected chi connectivity index (χ2v) is 7.49. The van der Waals surface area contributed by atoms with Crippen LogP contribution in [-0.2, 0) is 19.1 Å². The highest BCUT2D eigenvalue weighted by atomic mass is 16.6. The molecule has 1 fully saturated rings. The van der Waals surface area contributed by atoms with Gasteiger partial charge in [0.2, 0.25) is 5.88 Å². The van der Waals surface area contributed by atoms with Crippen molar-refractivity contribution in [3.8, 4) is 5.88 Å². The minimum atomic E-state index is -1.70. The van der Waals surface area contributed by atoms with E-state index in [-0.39, 0.29) is 6.61 Å². The van der Waals surface area contributed by atoms with E-state index >= 15 is 0 Å². The van der Waals surface area contributed by atoms with Crippen LogP contribution in [-0.4, -0.2) is 60.0 Å². The first-order valence-electron chi connectivity index (χ1n) is 8.98. The highest BCUT2D eigenvalue weighted by molar-refractivity contribution is 6.01. The maximum absolute atomic E-state index is 12.9. The van der Waals surface area contributed by atoms with Crippen LogP contribution in [0.25, 0.3) is 10.9 Å². The Morgan fingerprint density at radius 1 is 1.32 bits per heavy atom. The van der Waals surface area contributed by atoms with E-state index < -0.39 is 29.7 Å². The Morgan fingerprint density at radius 2 is 2.04 bits per heavy atom. The van der Waals surface area contributed by atoms with Crippen molar-refractivity contribution in [3.05, 3.63) is 30.3 Å². The van der Waals surface area contributed by atoms with Gasteiger partial charge >= 0.3 is 5.97 Å². The van der Waals surface area contributed by atoms with Crippen LogP contribution in [0.2, 0.25) is 0 Å². The van der Waals surface area contributed by atoms with E-state index in [2.05, 4.69) is 4.98 Å². The molecule has 0 unspecified atom stereocenters. The van der Waals surface area contributed by atoms with Crippen molar-refractivity contribution < 1.29 is 28.9 Å². The number of morpholine rings is 1. The number of methoxy groups -OCH3 is 1. The minimum absolute atomic E-state index is 0.180. The zero-order valence-corrected chi connectivity index (χ0v) is 16.3. The zero-order chi connectivity index (χ0) is 20.5. The molecule has 1 aliphatic heterocycles. The summed E-state index contributed by atoms with van der Waals surface area (Å²) in [7, 11) is 1.53. The number of aliphatic hydroxyl groups excluding tert-OH is 1. The number of fused-ring (bicyclic) bond motifs is 1. The van der Waals surface area contributed by atoms with E-state index in [9.17, 15) is 14.7 Å². The molecule has 1 amide bonds. The number of amides is 1. The molecule has 1 aliphatic rings. The van der Waals surface area contributed by atoms with Crippen molar-refractivity contribution in [1.29, 1.82) is 0 Å². The SMILES string of the molecule is COc1ccc2ccc(N3CCO[C@H]([C@@H](O)C(=O)OC(C)(C)C)C3=O)cc2n1. The number of aromatic nitrogens is 1. The molecule has 0 saturated carbocycles. The standard InChI is InChI=1S/C20H24N2O6/c1-20(2,3)28-19(25)16(23)17-18(24)22(9-10-27-17)13-7-5-12-6-8-15(26-4)21-14(12)11-13/h5-8,11,16-17,23H,9-10H2,1-4H3/t16-,17-/m1/s1. The quantitative estimate of drug-likeness (QED) is 0.796. The third-order valence-electron chi connectivity index (χ3n) is 4.23. The van der Waals surface area contributed by atoms with E-state index in [4.69, 9.17) is 14.2 Å². The molecule has 0 spiro atoms. The van der Waals surface area contributed by atoms with E-state index in [0.29, 0.717) is 23.6 Å². The third-order valence-corrected chi connectivity index (χ3v) is 4.23. The van der Waals surface area contributed by atoms with Gasteiger partial charge in [0.25, 0.3) is 5.91 Å². The Bertz CT molecular complexity index is 892. The van der Waals surface area contributed by atoms with E-state index in [0.717, 1.165) is 5.39 Å². The van der Waals surface area contributed by atoms with E-state index in [1.807, 2.05) is 12.1 Å². The van der Waals surface area contributed by atoms with Crippen molar-refractivity contribution in [2.75, 3.05) is 25.2 Å². The number of hydrogen-bond acceptors (Lipinski definition) is 7. The van der Waals surface area contributed by atoms with Gasteiger partial charge in [-0.1, -0.05) is 6.07 Å². The molecule has 2 heterocycles. The number of pyridine rings is 1. The third kappa shape index (κ3) is 4.23. The lowest BCUT2D eigenvalue weighted by Gasteiger charge is -2.34. The van der Waals surface area contributed by atoms with Crippen molar-refractivity contribution in [3.63, 3.8) is 0 Å². The molecule has 0 aliphatic carbocycles. The van der Waals surface area contributed by atoms with Crippen LogP contribution >= 0.6 is 0 Å². The molecule has 28 heavy (non-hydrogen) atoms. The summed E-state index contributed by atoms with van der Waals surface area (Å²) in [5.74, 6) is -0.930. The minimum Gasteiger partial charge on any atom is -0.481 e. The average molecular weight is 388 g/mol. The number of carbonyl (C=O) groups excluding carboxylic acids is 2. The molecule has 0 bridgehead atoms. The number of nitrogens with zero attached hydrogens (tertiary/aromatic N) is 2. The number of anilines is 1. The first-order chi connectivity index (χ1) is 13.2. The Balaban J connectivity index is 1.84. The van der Waals surface area contributed by atoms with Crippen LogP contribution in [0.1, 0.15) is 20.8 Å². The van der Waals surface area contributed by atoms with E-state index in [1.54, 1.807) is 39.0 Å². The largest absolute Gasteiger partial charge is 0.481 e. The second-order valence-electron chi connectivity index (χ2n) is 7.49. The smallest absolute Gasteiger partial charge is 0.338 e. The number of hydrogen-bond donors (Lipinski definition) is 1. The number of benzene rings is 1. The van der Waals surface area contributed by atoms with Crippen molar-refractivity contribution in [2.24, 2.45) is 0 Å². The van der Waals surface area contributed by atoms with Gasteiger partial charge in [-0.2, -0.15) is 0 Å². The Kier molecular flexibility index (Phi) is 5.53. The van der Waals surface area contributed by atoms with Gasteiger partial charge in [-0.15, -0.1) is 0 Å². The molecule has 2 aromatic rings. The summed E-state index contributed by atoms with van der Waals surface area (Å²) in [6.45, 7) is 5.53. The Morgan fingerprint density at radius 3 is 2.71 bits per heavy atom. The highest BCUT2D eigenvalue weighted by Gasteiger charge is 2.41. The lowest BCUT2D eigenvalue weighted by Crippen LogP contribution is -2.55. The first kappa shape index (κ1) is 20.0. The van der Waals surface area contributed by atoms with Crippen molar-refractivity contribution >= 4 is 28.5 Å². The summed E-state index contributed by atoms with van der Waals surface area (Å²) in [6.07, 6.45) is -3.02. The molecule has 0 radical (unpaired) electrons. The molecule has 3 rings (SSSR count). The number of carbonyl (C=O) groups is 2. The fraction of sp³-hybridized carbons (Fsp3) is 0.450. The molecular weight excluding hydrogens is 364 g/mol. The van der Waals surface area contributed by atoms with Gasteiger partial charge in [-0.25, -0.2) is 9.78 Å². The zero-order valence-electron chi connectivity index (χ0n) is 16.3. The van der Waals surface area contributed by atoms with Gasteiger partial charge < -0.3 is 24.2 Å². The number of aliphatic hydroxyl groups is 1. The van der Waals surface area contributed by atoms with Crippen LogP contribution in [0.5, 0.6) is 5.88 Å². The summed E-state index contributed by atoms with van der Waals surface area (Å²) in [5, 5.41) is 11.2. The molecule has 1 aromatic carbocycles. The molecule has 1 saturated heterocycles. The Hall–Kier alpha value is -2.71. The van der Waals surface area contributed by atoms with E-state index in [1.165, 1.54) is 12.0 Å². The van der Waals surface area contributed by atoms with Gasteiger partial charge in [-0.3, -0.25) is 4.79 Å². The molecule has 1 aromatic heterocycles. The predicted molar refractivity (Wildman–Crippen MR) is 102 cm³/mol. The molecule has 1 N–H and O–H groups in total. The predicted octanol–water partition coefficient (Wildman–Crippen LogP) is 1.68. The van der Waals surface area contributed by atoms with Gasteiger partial charge in [-0.05, 0) is 39.0 Å². The van der Waals surface area contributed by atoms with Crippen LogP contribution in [0.3, 0.4) is 0 Å². The molecule has 2 atom stereocenters. The number of rotatable bonds is 4. The fourth-order valence-electron chi connectivity index (χ4n) is 2.94. The maximum atomic E-state index is 12.9. The molecule has 150 valence electrons. The molecule has 8 heteroatoms. The summed E-state index contributed by atoms with van der Waals surface area (Å²) in [5.41, 5.74) is 0.488.